The Labute approximate surface area is 288 Å². The predicted octanol–water partition coefficient (Wildman–Crippen LogP) is 7.98. The van der Waals surface area contributed by atoms with E-state index in [9.17, 15) is 14.5 Å². The number of aliphatic imine (C=N–C) groups is 1. The second kappa shape index (κ2) is 16.1. The van der Waals surface area contributed by atoms with Gasteiger partial charge in [0.15, 0.2) is 11.7 Å². The molecule has 0 spiro atoms. The van der Waals surface area contributed by atoms with Crippen LogP contribution in [0.1, 0.15) is 43.7 Å². The lowest BCUT2D eigenvalue weighted by atomic mass is 9.78. The van der Waals surface area contributed by atoms with Crippen molar-refractivity contribution < 1.29 is 18.4 Å². The minimum atomic E-state index is -0.588. The van der Waals surface area contributed by atoms with E-state index in [2.05, 4.69) is 15.1 Å². The Kier molecular flexibility index (Phi) is 12.5. The summed E-state index contributed by atoms with van der Waals surface area (Å²) in [6.45, 7) is 5.67. The van der Waals surface area contributed by atoms with Crippen molar-refractivity contribution in [3.05, 3.63) is 97.5 Å². The number of benzene rings is 3. The molecule has 0 atom stereocenters. The molecule has 2 aliphatic rings. The van der Waals surface area contributed by atoms with Crippen LogP contribution in [0.2, 0.25) is 10.0 Å². The Bertz CT molecular complexity index is 1550. The SMILES string of the molecule is Br.CCOc1cc(N2CCN(C(=NCC3(c4ccc(F)cc4F)CCCC3)NCCc3ccc(Cl)cc3Cl)CC2)ccc1[N+](=O)[O-]. The normalized spacial score (nSPS) is 16.2. The molecule has 248 valence electrons. The van der Waals surface area contributed by atoms with E-state index in [0.717, 1.165) is 43.0 Å². The van der Waals surface area contributed by atoms with Crippen LogP contribution in [-0.4, -0.2) is 61.7 Å². The van der Waals surface area contributed by atoms with Gasteiger partial charge in [-0.15, -0.1) is 17.0 Å². The van der Waals surface area contributed by atoms with Crippen LogP contribution in [0.4, 0.5) is 20.2 Å². The van der Waals surface area contributed by atoms with Crippen LogP contribution in [0.15, 0.2) is 59.6 Å². The van der Waals surface area contributed by atoms with E-state index < -0.39 is 22.0 Å². The zero-order chi connectivity index (χ0) is 32.0. The maximum absolute atomic E-state index is 15.0. The van der Waals surface area contributed by atoms with Crippen molar-refractivity contribution in [3.63, 3.8) is 0 Å². The van der Waals surface area contributed by atoms with Crippen molar-refractivity contribution in [1.29, 1.82) is 0 Å². The first-order valence-corrected chi connectivity index (χ1v) is 16.0. The molecule has 1 saturated heterocycles. The summed E-state index contributed by atoms with van der Waals surface area (Å²) in [5.74, 6) is -0.146. The monoisotopic (exact) mass is 739 g/mol. The summed E-state index contributed by atoms with van der Waals surface area (Å²) in [7, 11) is 0. The van der Waals surface area contributed by atoms with Crippen molar-refractivity contribution in [1.82, 2.24) is 10.2 Å². The van der Waals surface area contributed by atoms with Crippen LogP contribution in [0.5, 0.6) is 5.75 Å². The molecule has 0 bridgehead atoms. The van der Waals surface area contributed by atoms with Crippen molar-refractivity contribution in [2.24, 2.45) is 4.99 Å². The van der Waals surface area contributed by atoms with Gasteiger partial charge >= 0.3 is 5.69 Å². The Balaban J connectivity index is 0.00000480. The highest BCUT2D eigenvalue weighted by molar-refractivity contribution is 8.93. The number of guanidine groups is 1. The van der Waals surface area contributed by atoms with Gasteiger partial charge in [0.2, 0.25) is 0 Å². The topological polar surface area (TPSA) is 83.2 Å². The molecule has 2 fully saturated rings. The van der Waals surface area contributed by atoms with E-state index in [1.54, 1.807) is 31.2 Å². The standard InChI is InChI=1S/C33H37Cl2F2N5O3.BrH/c1-2-45-31-21-26(8-10-30(31)42(43)44)40-15-17-41(18-16-40)32(38-14-11-23-5-6-24(34)19-28(23)35)39-22-33(12-3-4-13-33)27-9-7-25(36)20-29(27)37;/h5-10,19-21H,2-4,11-18,22H2,1H3,(H,38,39);1H. The molecule has 3 aromatic carbocycles. The Morgan fingerprint density at radius 2 is 1.78 bits per heavy atom. The first-order chi connectivity index (χ1) is 21.7. The summed E-state index contributed by atoms with van der Waals surface area (Å²) in [6, 6.07) is 14.3. The fourth-order valence-electron chi connectivity index (χ4n) is 6.31. The first kappa shape index (κ1) is 35.7. The largest absolute Gasteiger partial charge is 0.487 e. The van der Waals surface area contributed by atoms with Gasteiger partial charge in [-0.05, 0) is 61.6 Å². The molecule has 1 aliphatic heterocycles. The fourth-order valence-corrected chi connectivity index (χ4v) is 6.81. The van der Waals surface area contributed by atoms with Gasteiger partial charge in [-0.3, -0.25) is 15.1 Å². The number of ether oxygens (including phenoxy) is 1. The van der Waals surface area contributed by atoms with Gasteiger partial charge in [0.05, 0.1) is 18.1 Å². The van der Waals surface area contributed by atoms with Crippen molar-refractivity contribution in [3.8, 4) is 5.75 Å². The minimum absolute atomic E-state index is 0. The van der Waals surface area contributed by atoms with Gasteiger partial charge in [0.25, 0.3) is 0 Å². The lowest BCUT2D eigenvalue weighted by molar-refractivity contribution is -0.385. The van der Waals surface area contributed by atoms with E-state index in [1.807, 2.05) is 12.1 Å². The third kappa shape index (κ3) is 8.41. The molecule has 8 nitrogen and oxygen atoms in total. The van der Waals surface area contributed by atoms with Crippen molar-refractivity contribution in [2.45, 2.75) is 44.4 Å². The van der Waals surface area contributed by atoms with Crippen LogP contribution in [0, 0.1) is 21.7 Å². The summed E-state index contributed by atoms with van der Waals surface area (Å²) < 4.78 is 34.4. The van der Waals surface area contributed by atoms with Crippen LogP contribution in [0.3, 0.4) is 0 Å². The number of nitro groups is 1. The molecule has 1 aliphatic carbocycles. The number of hydrogen-bond acceptors (Lipinski definition) is 5. The van der Waals surface area contributed by atoms with Gasteiger partial charge in [-0.2, -0.15) is 0 Å². The van der Waals surface area contributed by atoms with Gasteiger partial charge in [0.1, 0.15) is 11.6 Å². The van der Waals surface area contributed by atoms with E-state index in [-0.39, 0.29) is 28.4 Å². The van der Waals surface area contributed by atoms with Crippen LogP contribution in [-0.2, 0) is 11.8 Å². The van der Waals surface area contributed by atoms with E-state index in [0.29, 0.717) is 73.9 Å². The molecule has 13 heteroatoms. The summed E-state index contributed by atoms with van der Waals surface area (Å²) in [5, 5.41) is 16.1. The Morgan fingerprint density at radius 3 is 2.43 bits per heavy atom. The molecular formula is C33H38BrCl2F2N5O3. The highest BCUT2D eigenvalue weighted by atomic mass is 79.9. The lowest BCUT2D eigenvalue weighted by Gasteiger charge is -2.38. The quantitative estimate of drug-likeness (QED) is 0.0983. The summed E-state index contributed by atoms with van der Waals surface area (Å²) in [5.41, 5.74) is 1.77. The van der Waals surface area contributed by atoms with E-state index >= 15 is 4.39 Å². The summed E-state index contributed by atoms with van der Waals surface area (Å²) >= 11 is 12.5. The van der Waals surface area contributed by atoms with Gasteiger partial charge in [-0.25, -0.2) is 8.78 Å². The number of nitro benzene ring substituents is 1. The molecule has 0 amide bonds. The molecule has 0 unspecified atom stereocenters. The third-order valence-corrected chi connectivity index (χ3v) is 9.26. The number of rotatable bonds is 10. The smallest absolute Gasteiger partial charge is 0.311 e. The number of hydrogen-bond donors (Lipinski definition) is 1. The minimum Gasteiger partial charge on any atom is -0.487 e. The second-order valence-corrected chi connectivity index (χ2v) is 12.3. The van der Waals surface area contributed by atoms with Crippen LogP contribution in [0.25, 0.3) is 0 Å². The average Bonchev–Trinajstić information content (AvgIpc) is 3.49. The Morgan fingerprint density at radius 1 is 1.04 bits per heavy atom. The number of nitrogens with zero attached hydrogens (tertiary/aromatic N) is 4. The number of halogens is 5. The molecule has 0 aromatic heterocycles. The molecule has 1 N–H and O–H groups in total. The molecule has 3 aromatic rings. The van der Waals surface area contributed by atoms with Crippen molar-refractivity contribution in [2.75, 3.05) is 50.8 Å². The Hall–Kier alpha value is -3.15. The maximum atomic E-state index is 15.0. The zero-order valence-electron chi connectivity index (χ0n) is 25.6. The molecule has 46 heavy (non-hydrogen) atoms. The van der Waals surface area contributed by atoms with Crippen LogP contribution < -0.4 is 15.0 Å². The number of nitrogens with one attached hydrogen (secondary N) is 1. The van der Waals surface area contributed by atoms with Crippen molar-refractivity contribution >= 4 is 57.5 Å². The zero-order valence-corrected chi connectivity index (χ0v) is 28.8. The highest BCUT2D eigenvalue weighted by Crippen LogP contribution is 2.42. The van der Waals surface area contributed by atoms with Crippen LogP contribution >= 0.6 is 40.2 Å². The molecule has 1 saturated carbocycles. The van der Waals surface area contributed by atoms with E-state index in [4.69, 9.17) is 32.9 Å². The molecule has 1 heterocycles. The summed E-state index contributed by atoms with van der Waals surface area (Å²) in [6.07, 6.45) is 4.13. The molecular weight excluding hydrogens is 703 g/mol. The molecule has 0 radical (unpaired) electrons. The fraction of sp³-hybridized carbons (Fsp3) is 0.424. The maximum Gasteiger partial charge on any atom is 0.311 e. The third-order valence-electron chi connectivity index (χ3n) is 8.67. The highest BCUT2D eigenvalue weighted by Gasteiger charge is 2.38. The number of piperazine rings is 1. The second-order valence-electron chi connectivity index (χ2n) is 11.5. The first-order valence-electron chi connectivity index (χ1n) is 15.3. The predicted molar refractivity (Wildman–Crippen MR) is 185 cm³/mol. The molecule has 5 rings (SSSR count). The average molecular weight is 742 g/mol. The lowest BCUT2D eigenvalue weighted by Crippen LogP contribution is -2.53. The number of anilines is 1. The van der Waals surface area contributed by atoms with Gasteiger partial charge in [0, 0.05) is 72.1 Å². The van der Waals surface area contributed by atoms with Gasteiger partial charge in [-0.1, -0.05) is 48.2 Å². The van der Waals surface area contributed by atoms with E-state index in [1.165, 1.54) is 12.1 Å². The van der Waals surface area contributed by atoms with Gasteiger partial charge < -0.3 is 19.9 Å². The summed E-state index contributed by atoms with van der Waals surface area (Å²) in [4.78, 5) is 20.4.